The number of amides is 1. The fraction of sp³-hybridized carbons (Fsp3) is 0.353. The van der Waals surface area contributed by atoms with Gasteiger partial charge in [0.15, 0.2) is 0 Å². The number of rotatable bonds is 6. The lowest BCUT2D eigenvalue weighted by Crippen LogP contribution is -2.31. The Bertz CT molecular complexity index is 847. The fourth-order valence-corrected chi connectivity index (χ4v) is 4.38. The molecule has 25 heavy (non-hydrogen) atoms. The number of sulfonamides is 1. The van der Waals surface area contributed by atoms with Crippen LogP contribution >= 0.6 is 22.9 Å². The summed E-state index contributed by atoms with van der Waals surface area (Å²) in [5, 5.41) is 5.13. The first kappa shape index (κ1) is 19.9. The Morgan fingerprint density at radius 1 is 1.24 bits per heavy atom. The van der Waals surface area contributed by atoms with E-state index in [0.29, 0.717) is 0 Å². The summed E-state index contributed by atoms with van der Waals surface area (Å²) in [7, 11) is -0.761. The highest BCUT2D eigenvalue weighted by Crippen LogP contribution is 2.28. The zero-order valence-corrected chi connectivity index (χ0v) is 16.9. The molecular weight excluding hydrogens is 380 g/mol. The quantitative estimate of drug-likeness (QED) is 0.802. The van der Waals surface area contributed by atoms with Gasteiger partial charge < -0.3 is 5.32 Å². The van der Waals surface area contributed by atoms with E-state index in [0.717, 1.165) is 9.18 Å². The first-order valence-electron chi connectivity index (χ1n) is 7.71. The third-order valence-electron chi connectivity index (χ3n) is 3.76. The third kappa shape index (κ3) is 4.41. The molecule has 0 radical (unpaired) electrons. The molecule has 0 aliphatic heterocycles. The van der Waals surface area contributed by atoms with Crippen molar-refractivity contribution in [2.24, 2.45) is 5.92 Å². The molecule has 2 rings (SSSR count). The Kier molecular flexibility index (Phi) is 6.26. The lowest BCUT2D eigenvalue weighted by atomic mass is 10.0. The normalized spacial score (nSPS) is 13.2. The molecule has 2 aromatic rings. The summed E-state index contributed by atoms with van der Waals surface area (Å²) in [6.07, 6.45) is 0. The van der Waals surface area contributed by atoms with E-state index in [1.54, 1.807) is 11.3 Å². The van der Waals surface area contributed by atoms with E-state index < -0.39 is 15.9 Å². The lowest BCUT2D eigenvalue weighted by Gasteiger charge is -2.22. The van der Waals surface area contributed by atoms with Crippen molar-refractivity contribution >= 4 is 38.9 Å². The van der Waals surface area contributed by atoms with E-state index in [9.17, 15) is 13.2 Å². The van der Waals surface area contributed by atoms with E-state index in [2.05, 4.69) is 5.32 Å². The maximum Gasteiger partial charge on any atom is 0.253 e. The van der Waals surface area contributed by atoms with Gasteiger partial charge in [-0.2, -0.15) is 0 Å². The Balaban J connectivity index is 2.36. The van der Waals surface area contributed by atoms with Crippen LogP contribution in [0.5, 0.6) is 0 Å². The summed E-state index contributed by atoms with van der Waals surface area (Å²) < 4.78 is 25.7. The molecule has 1 atom stereocenters. The van der Waals surface area contributed by atoms with Crippen molar-refractivity contribution in [1.29, 1.82) is 0 Å². The van der Waals surface area contributed by atoms with E-state index in [4.69, 9.17) is 11.6 Å². The number of nitrogens with one attached hydrogen (secondary N) is 1. The van der Waals surface area contributed by atoms with E-state index in [1.807, 2.05) is 31.4 Å². The van der Waals surface area contributed by atoms with Crippen molar-refractivity contribution in [2.75, 3.05) is 14.1 Å². The Labute approximate surface area is 157 Å². The van der Waals surface area contributed by atoms with Crippen LogP contribution < -0.4 is 5.32 Å². The molecule has 1 heterocycles. The molecule has 0 saturated carbocycles. The van der Waals surface area contributed by atoms with Gasteiger partial charge in [0.05, 0.1) is 21.5 Å². The van der Waals surface area contributed by atoms with Crippen LogP contribution in [-0.2, 0) is 10.0 Å². The average molecular weight is 401 g/mol. The number of hydrogen-bond donors (Lipinski definition) is 1. The van der Waals surface area contributed by atoms with Gasteiger partial charge in [-0.25, -0.2) is 12.7 Å². The van der Waals surface area contributed by atoms with Gasteiger partial charge in [0.25, 0.3) is 5.91 Å². The van der Waals surface area contributed by atoms with Gasteiger partial charge in [-0.15, -0.1) is 11.3 Å². The zero-order valence-electron chi connectivity index (χ0n) is 14.5. The van der Waals surface area contributed by atoms with E-state index in [-0.39, 0.29) is 27.4 Å². The molecule has 0 saturated heterocycles. The van der Waals surface area contributed by atoms with Crippen LogP contribution in [-0.4, -0.2) is 32.7 Å². The minimum atomic E-state index is -3.64. The maximum atomic E-state index is 12.7. The van der Waals surface area contributed by atoms with Crippen LogP contribution in [0.4, 0.5) is 0 Å². The molecule has 8 heteroatoms. The molecule has 0 spiro atoms. The Morgan fingerprint density at radius 3 is 2.44 bits per heavy atom. The smallest absolute Gasteiger partial charge is 0.253 e. The van der Waals surface area contributed by atoms with Gasteiger partial charge in [-0.3, -0.25) is 4.79 Å². The second kappa shape index (κ2) is 7.86. The predicted octanol–water partition coefficient (Wildman–Crippen LogP) is 3.78. The summed E-state index contributed by atoms with van der Waals surface area (Å²) >= 11 is 7.70. The van der Waals surface area contributed by atoms with Gasteiger partial charge in [-0.1, -0.05) is 31.5 Å². The van der Waals surface area contributed by atoms with Crippen molar-refractivity contribution in [1.82, 2.24) is 9.62 Å². The van der Waals surface area contributed by atoms with Gasteiger partial charge in [-0.05, 0) is 35.6 Å². The van der Waals surface area contributed by atoms with Crippen LogP contribution in [0.15, 0.2) is 40.6 Å². The molecule has 0 aliphatic rings. The molecule has 0 aliphatic carbocycles. The number of hydrogen-bond acceptors (Lipinski definition) is 4. The zero-order chi connectivity index (χ0) is 18.8. The second-order valence-electron chi connectivity index (χ2n) is 6.14. The minimum Gasteiger partial charge on any atom is -0.344 e. The van der Waals surface area contributed by atoms with E-state index >= 15 is 0 Å². The number of carbonyl (C=O) groups excluding carboxylic acids is 1. The fourth-order valence-electron chi connectivity index (χ4n) is 2.30. The highest BCUT2D eigenvalue weighted by atomic mass is 35.5. The number of thiophene rings is 1. The summed E-state index contributed by atoms with van der Waals surface area (Å²) in [5.74, 6) is -0.219. The first-order valence-corrected chi connectivity index (χ1v) is 10.4. The van der Waals surface area contributed by atoms with Crippen LogP contribution in [0.1, 0.15) is 35.1 Å². The number of nitrogens with zero attached hydrogens (tertiary/aromatic N) is 1. The van der Waals surface area contributed by atoms with Crippen molar-refractivity contribution in [2.45, 2.75) is 24.8 Å². The summed E-state index contributed by atoms with van der Waals surface area (Å²) in [6.45, 7) is 4.03. The molecule has 0 unspecified atom stereocenters. The van der Waals surface area contributed by atoms with Crippen LogP contribution in [0.3, 0.4) is 0 Å². The van der Waals surface area contributed by atoms with Crippen molar-refractivity contribution in [3.05, 3.63) is 51.2 Å². The largest absolute Gasteiger partial charge is 0.344 e. The molecule has 1 aromatic carbocycles. The SMILES string of the molecule is CC(C)[C@H](NC(=O)c1cc(S(=O)(=O)N(C)C)ccc1Cl)c1cccs1. The summed E-state index contributed by atoms with van der Waals surface area (Å²) in [6, 6.07) is 7.87. The molecule has 1 amide bonds. The maximum absolute atomic E-state index is 12.7. The molecule has 0 bridgehead atoms. The van der Waals surface area contributed by atoms with Crippen LogP contribution in [0.25, 0.3) is 0 Å². The van der Waals surface area contributed by atoms with Crippen molar-refractivity contribution in [3.8, 4) is 0 Å². The third-order valence-corrected chi connectivity index (χ3v) is 6.86. The lowest BCUT2D eigenvalue weighted by molar-refractivity contribution is 0.0926. The van der Waals surface area contributed by atoms with Crippen molar-refractivity contribution in [3.63, 3.8) is 0 Å². The number of benzene rings is 1. The van der Waals surface area contributed by atoms with Gasteiger partial charge in [0.2, 0.25) is 10.0 Å². The standard InChI is InChI=1S/C17H21ClN2O3S2/c1-11(2)16(15-6-5-9-24-15)19-17(21)13-10-12(7-8-14(13)18)25(22,23)20(3)4/h5-11,16H,1-4H3,(H,19,21)/t16-/m0/s1. The molecule has 1 N–H and O–H groups in total. The molecule has 5 nitrogen and oxygen atoms in total. The topological polar surface area (TPSA) is 66.5 Å². The van der Waals surface area contributed by atoms with Gasteiger partial charge >= 0.3 is 0 Å². The predicted molar refractivity (Wildman–Crippen MR) is 102 cm³/mol. The minimum absolute atomic E-state index is 0.0317. The molecule has 0 fully saturated rings. The molecular formula is C17H21ClN2O3S2. The summed E-state index contributed by atoms with van der Waals surface area (Å²) in [5.41, 5.74) is 0.145. The molecule has 136 valence electrons. The van der Waals surface area contributed by atoms with Gasteiger partial charge in [0.1, 0.15) is 0 Å². The monoisotopic (exact) mass is 400 g/mol. The van der Waals surface area contributed by atoms with Crippen molar-refractivity contribution < 1.29 is 13.2 Å². The summed E-state index contributed by atoms with van der Waals surface area (Å²) in [4.78, 5) is 13.8. The van der Waals surface area contributed by atoms with Crippen LogP contribution in [0.2, 0.25) is 5.02 Å². The highest BCUT2D eigenvalue weighted by Gasteiger charge is 2.24. The number of carbonyl (C=O) groups is 1. The number of halogens is 1. The van der Waals surface area contributed by atoms with E-state index in [1.165, 1.54) is 32.3 Å². The Hall–Kier alpha value is -1.41. The van der Waals surface area contributed by atoms with Crippen LogP contribution in [0, 0.1) is 5.92 Å². The molecule has 1 aromatic heterocycles. The highest BCUT2D eigenvalue weighted by molar-refractivity contribution is 7.89. The Morgan fingerprint density at radius 2 is 1.92 bits per heavy atom. The average Bonchev–Trinajstić information content (AvgIpc) is 3.06. The van der Waals surface area contributed by atoms with Gasteiger partial charge in [0, 0.05) is 19.0 Å². The first-order chi connectivity index (χ1) is 11.6. The second-order valence-corrected chi connectivity index (χ2v) is 9.68.